The molecular formula is C25H24O8S2. The van der Waals surface area contributed by atoms with Gasteiger partial charge in [0.1, 0.15) is 0 Å². The zero-order chi connectivity index (χ0) is 26.6. The number of hydrogen-bond acceptors (Lipinski definition) is 8. The normalized spacial score (nSPS) is 12.2. The van der Waals surface area contributed by atoms with Gasteiger partial charge in [0, 0.05) is 33.1 Å². The molecule has 0 N–H and O–H groups in total. The van der Waals surface area contributed by atoms with Crippen LogP contribution in [0.1, 0.15) is 80.3 Å². The minimum absolute atomic E-state index is 0.133. The van der Waals surface area contributed by atoms with Crippen molar-refractivity contribution in [1.29, 1.82) is 0 Å². The molecular weight excluding hydrogens is 492 g/mol. The Bertz CT molecular complexity index is 1380. The fourth-order valence-electron chi connectivity index (χ4n) is 3.20. The van der Waals surface area contributed by atoms with E-state index in [2.05, 4.69) is 0 Å². The Morgan fingerprint density at radius 2 is 0.886 bits per heavy atom. The van der Waals surface area contributed by atoms with Crippen LogP contribution < -0.4 is 0 Å². The lowest BCUT2D eigenvalue weighted by molar-refractivity contribution is 0.0981. The smallest absolute Gasteiger partial charge is 0.186 e. The SMILES string of the molecule is CC(=O)c1ccc(/C=C/S(=O)(=O)CS(=O)(=O)/C=C/c2ccc(C(C)=O)c(C(C)=O)c2)cc1C(C)=O. The van der Waals surface area contributed by atoms with Crippen LogP contribution in [0.2, 0.25) is 0 Å². The van der Waals surface area contributed by atoms with Crippen molar-refractivity contribution >= 4 is 55.0 Å². The molecule has 0 aromatic heterocycles. The molecule has 0 spiro atoms. The van der Waals surface area contributed by atoms with Crippen molar-refractivity contribution in [3.63, 3.8) is 0 Å². The predicted molar refractivity (Wildman–Crippen MR) is 134 cm³/mol. The molecule has 0 saturated carbocycles. The van der Waals surface area contributed by atoms with E-state index in [0.29, 0.717) is 11.1 Å². The minimum Gasteiger partial charge on any atom is -0.294 e. The third kappa shape index (κ3) is 7.76. The Morgan fingerprint density at radius 1 is 0.571 bits per heavy atom. The summed E-state index contributed by atoms with van der Waals surface area (Å²) < 4.78 is 49.5. The monoisotopic (exact) mass is 516 g/mol. The molecule has 2 rings (SSSR count). The molecule has 0 fully saturated rings. The topological polar surface area (TPSA) is 137 Å². The highest BCUT2D eigenvalue weighted by Crippen LogP contribution is 2.18. The summed E-state index contributed by atoms with van der Waals surface area (Å²) >= 11 is 0. The van der Waals surface area contributed by atoms with Crippen LogP contribution in [0.3, 0.4) is 0 Å². The highest BCUT2D eigenvalue weighted by Gasteiger charge is 2.18. The van der Waals surface area contributed by atoms with Crippen LogP contribution in [0.15, 0.2) is 47.2 Å². The molecule has 0 aliphatic rings. The zero-order valence-corrected chi connectivity index (χ0v) is 21.2. The first kappa shape index (κ1) is 27.7. The predicted octanol–water partition coefficient (Wildman–Crippen LogP) is 3.93. The molecule has 10 heteroatoms. The molecule has 0 aliphatic carbocycles. The van der Waals surface area contributed by atoms with Crippen molar-refractivity contribution in [2.24, 2.45) is 0 Å². The van der Waals surface area contributed by atoms with Crippen molar-refractivity contribution in [2.45, 2.75) is 27.7 Å². The first-order valence-corrected chi connectivity index (χ1v) is 13.7. The van der Waals surface area contributed by atoms with Crippen LogP contribution in [0, 0.1) is 0 Å². The van der Waals surface area contributed by atoms with Gasteiger partial charge in [-0.15, -0.1) is 0 Å². The summed E-state index contributed by atoms with van der Waals surface area (Å²) in [4.78, 5) is 46.9. The maximum atomic E-state index is 12.4. The van der Waals surface area contributed by atoms with Gasteiger partial charge in [-0.3, -0.25) is 19.2 Å². The van der Waals surface area contributed by atoms with Crippen LogP contribution in [0.4, 0.5) is 0 Å². The lowest BCUT2D eigenvalue weighted by atomic mass is 9.99. The summed E-state index contributed by atoms with van der Waals surface area (Å²) in [5, 5.41) is 0.240. The zero-order valence-electron chi connectivity index (χ0n) is 19.6. The Morgan fingerprint density at radius 3 is 1.17 bits per heavy atom. The number of sulfone groups is 2. The van der Waals surface area contributed by atoms with E-state index in [1.165, 1.54) is 64.1 Å². The number of rotatable bonds is 10. The first-order chi connectivity index (χ1) is 16.1. The third-order valence-corrected chi connectivity index (χ3v) is 8.60. The van der Waals surface area contributed by atoms with E-state index < -0.39 is 24.8 Å². The summed E-state index contributed by atoms with van der Waals surface area (Å²) in [7, 11) is -8.42. The van der Waals surface area contributed by atoms with Crippen LogP contribution in [0.25, 0.3) is 12.2 Å². The summed E-state index contributed by atoms with van der Waals surface area (Å²) in [5.41, 5.74) is 1.28. The van der Waals surface area contributed by atoms with Gasteiger partial charge in [0.25, 0.3) is 0 Å². The molecule has 184 valence electrons. The minimum atomic E-state index is -4.21. The Hall–Kier alpha value is -3.50. The van der Waals surface area contributed by atoms with Gasteiger partial charge in [-0.1, -0.05) is 24.3 Å². The second kappa shape index (κ2) is 10.8. The molecule has 35 heavy (non-hydrogen) atoms. The van der Waals surface area contributed by atoms with Gasteiger partial charge in [-0.05, 0) is 63.1 Å². The Balaban J connectivity index is 2.26. The van der Waals surface area contributed by atoms with Crippen molar-refractivity contribution in [3.05, 3.63) is 80.6 Å². The fraction of sp³-hybridized carbons (Fsp3) is 0.200. The van der Waals surface area contributed by atoms with Gasteiger partial charge < -0.3 is 0 Å². The number of carbonyl (C=O) groups is 4. The second-order valence-corrected chi connectivity index (χ2v) is 12.0. The first-order valence-electron chi connectivity index (χ1n) is 10.3. The van der Waals surface area contributed by atoms with Gasteiger partial charge in [0.2, 0.25) is 0 Å². The standard InChI is InChI=1S/C25H24O8S2/c1-16(26)22-7-5-20(13-24(22)18(3)28)9-11-34(30,31)15-35(32,33)12-10-21-6-8-23(17(2)27)25(14-21)19(4)29/h5-14H,15H2,1-4H3/b11-9+,12-10+. The highest BCUT2D eigenvalue weighted by molar-refractivity contribution is 8.10. The lowest BCUT2D eigenvalue weighted by Crippen LogP contribution is -2.12. The van der Waals surface area contributed by atoms with E-state index in [0.717, 1.165) is 23.0 Å². The second-order valence-electron chi connectivity index (χ2n) is 7.88. The van der Waals surface area contributed by atoms with Crippen LogP contribution in [0.5, 0.6) is 0 Å². The molecule has 2 aromatic carbocycles. The summed E-state index contributed by atoms with van der Waals surface area (Å²) in [6.07, 6.45) is 2.29. The molecule has 8 nitrogen and oxygen atoms in total. The van der Waals surface area contributed by atoms with Crippen LogP contribution in [-0.2, 0) is 19.7 Å². The van der Waals surface area contributed by atoms with Crippen LogP contribution >= 0.6 is 0 Å². The molecule has 0 radical (unpaired) electrons. The fourth-order valence-corrected chi connectivity index (χ4v) is 6.39. The van der Waals surface area contributed by atoms with Gasteiger partial charge in [0.05, 0.1) is 0 Å². The van der Waals surface area contributed by atoms with E-state index in [4.69, 9.17) is 0 Å². The van der Waals surface area contributed by atoms with Gasteiger partial charge in [0.15, 0.2) is 47.9 Å². The summed E-state index contributed by atoms with van der Waals surface area (Å²) in [5.74, 6) is -1.37. The molecule has 0 amide bonds. The number of Topliss-reactive ketones (excluding diaryl/α,β-unsaturated/α-hetero) is 4. The number of carbonyl (C=O) groups excluding carboxylic acids is 4. The maximum Gasteiger partial charge on any atom is 0.186 e. The number of benzene rings is 2. The van der Waals surface area contributed by atoms with E-state index in [9.17, 15) is 36.0 Å². The molecule has 0 aliphatic heterocycles. The van der Waals surface area contributed by atoms with E-state index in [1.54, 1.807) is 0 Å². The van der Waals surface area contributed by atoms with Gasteiger partial charge >= 0.3 is 0 Å². The van der Waals surface area contributed by atoms with Crippen molar-refractivity contribution in [2.75, 3.05) is 5.08 Å². The molecule has 2 aromatic rings. The molecule has 0 saturated heterocycles. The van der Waals surface area contributed by atoms with Gasteiger partial charge in [-0.2, -0.15) is 0 Å². The average Bonchev–Trinajstić information content (AvgIpc) is 2.75. The summed E-state index contributed by atoms with van der Waals surface area (Å²) in [6.45, 7) is 5.16. The van der Waals surface area contributed by atoms with E-state index >= 15 is 0 Å². The molecule has 0 atom stereocenters. The van der Waals surface area contributed by atoms with Crippen molar-refractivity contribution < 1.29 is 36.0 Å². The third-order valence-electron chi connectivity index (χ3n) is 4.87. The Kier molecular flexibility index (Phi) is 8.59. The lowest BCUT2D eigenvalue weighted by Gasteiger charge is -2.05. The van der Waals surface area contributed by atoms with E-state index in [-0.39, 0.29) is 45.4 Å². The highest BCUT2D eigenvalue weighted by atomic mass is 32.3. The average molecular weight is 517 g/mol. The van der Waals surface area contributed by atoms with Gasteiger partial charge in [-0.25, -0.2) is 16.8 Å². The quantitative estimate of drug-likeness (QED) is 0.433. The number of ketones is 4. The van der Waals surface area contributed by atoms with Crippen molar-refractivity contribution in [1.82, 2.24) is 0 Å². The maximum absolute atomic E-state index is 12.4. The van der Waals surface area contributed by atoms with Crippen LogP contribution in [-0.4, -0.2) is 45.1 Å². The summed E-state index contributed by atoms with van der Waals surface area (Å²) in [6, 6.07) is 8.41. The molecule has 0 unspecified atom stereocenters. The molecule has 0 bridgehead atoms. The van der Waals surface area contributed by atoms with Crippen molar-refractivity contribution in [3.8, 4) is 0 Å². The van der Waals surface area contributed by atoms with E-state index in [1.807, 2.05) is 0 Å². The number of hydrogen-bond donors (Lipinski definition) is 0. The molecule has 0 heterocycles. The Labute approximate surface area is 204 Å². The largest absolute Gasteiger partial charge is 0.294 e.